The third-order valence-corrected chi connectivity index (χ3v) is 6.27. The Morgan fingerprint density at radius 1 is 1.29 bits per heavy atom. The average Bonchev–Trinajstić information content (AvgIpc) is 3.13. The number of hydrogen-bond donors (Lipinski definition) is 2. The van der Waals surface area contributed by atoms with Crippen LogP contribution in [0, 0.1) is 6.92 Å². The molecule has 8 heteroatoms. The van der Waals surface area contributed by atoms with E-state index in [1.54, 1.807) is 23.1 Å². The first-order valence-electron chi connectivity index (χ1n) is 7.24. The van der Waals surface area contributed by atoms with E-state index in [0.717, 1.165) is 37.2 Å². The molecule has 0 aliphatic rings. The summed E-state index contributed by atoms with van der Waals surface area (Å²) in [6.07, 6.45) is 0.256. The van der Waals surface area contributed by atoms with E-state index in [1.807, 2.05) is 42.6 Å². The number of primary amides is 1. The summed E-state index contributed by atoms with van der Waals surface area (Å²) in [5, 5.41) is 6.21. The maximum atomic E-state index is 11.0. The van der Waals surface area contributed by atoms with Crippen molar-refractivity contribution in [3.8, 4) is 0 Å². The zero-order valence-corrected chi connectivity index (χ0v) is 15.4. The van der Waals surface area contributed by atoms with Gasteiger partial charge in [-0.1, -0.05) is 30.0 Å². The molecule has 3 rings (SSSR count). The van der Waals surface area contributed by atoms with Gasteiger partial charge >= 0.3 is 0 Å². The summed E-state index contributed by atoms with van der Waals surface area (Å²) >= 11 is 4.74. The number of para-hydroxylation sites is 1. The molecular weight excluding hydrogens is 360 g/mol. The minimum Gasteiger partial charge on any atom is -0.369 e. The lowest BCUT2D eigenvalue weighted by atomic mass is 10.3. The third kappa shape index (κ3) is 4.56. The van der Waals surface area contributed by atoms with Crippen LogP contribution in [0.3, 0.4) is 0 Å². The Morgan fingerprint density at radius 2 is 2.08 bits per heavy atom. The minimum atomic E-state index is -0.325. The molecule has 0 radical (unpaired) electrons. The largest absolute Gasteiger partial charge is 0.369 e. The first kappa shape index (κ1) is 16.9. The van der Waals surface area contributed by atoms with Crippen LogP contribution in [0.15, 0.2) is 40.1 Å². The highest BCUT2D eigenvalue weighted by atomic mass is 32.2. The van der Waals surface area contributed by atoms with E-state index in [2.05, 4.69) is 15.3 Å². The molecule has 2 aromatic heterocycles. The average molecular weight is 377 g/mol. The van der Waals surface area contributed by atoms with Gasteiger partial charge in [-0.25, -0.2) is 9.97 Å². The fourth-order valence-electron chi connectivity index (χ4n) is 2.00. The molecule has 0 unspecified atom stereocenters. The van der Waals surface area contributed by atoms with E-state index >= 15 is 0 Å². The van der Waals surface area contributed by atoms with Gasteiger partial charge in [0, 0.05) is 21.7 Å². The van der Waals surface area contributed by atoms with Gasteiger partial charge < -0.3 is 11.1 Å². The van der Waals surface area contributed by atoms with Gasteiger partial charge in [0.25, 0.3) is 0 Å². The number of benzene rings is 1. The summed E-state index contributed by atoms with van der Waals surface area (Å²) in [6.45, 7) is 1.91. The van der Waals surface area contributed by atoms with E-state index in [1.165, 1.54) is 11.3 Å². The van der Waals surface area contributed by atoms with Crippen molar-refractivity contribution in [3.05, 3.63) is 52.0 Å². The molecule has 0 aliphatic carbocycles. The zero-order chi connectivity index (χ0) is 16.9. The highest BCUT2D eigenvalue weighted by Gasteiger charge is 2.11. The van der Waals surface area contributed by atoms with Crippen molar-refractivity contribution < 1.29 is 4.79 Å². The van der Waals surface area contributed by atoms with Crippen molar-refractivity contribution in [1.82, 2.24) is 9.97 Å². The molecule has 124 valence electrons. The standard InChI is InChI=1S/C16H16N4OS3/c1-10-13(7-14(17)21)24-16(18-10)23-9-12-8-22-15(20-12)19-11-5-3-2-4-6-11/h2-6,8H,7,9H2,1H3,(H2,17,21)(H,19,20). The van der Waals surface area contributed by atoms with E-state index in [9.17, 15) is 4.79 Å². The molecule has 0 atom stereocenters. The fraction of sp³-hybridized carbons (Fsp3) is 0.188. The predicted molar refractivity (Wildman–Crippen MR) is 101 cm³/mol. The summed E-state index contributed by atoms with van der Waals surface area (Å²) in [5.74, 6) is 0.421. The Hall–Kier alpha value is -1.90. The minimum absolute atomic E-state index is 0.256. The molecule has 3 aromatic rings. The van der Waals surface area contributed by atoms with Gasteiger partial charge in [0.15, 0.2) is 9.47 Å². The molecule has 0 bridgehead atoms. The molecule has 0 saturated carbocycles. The Balaban J connectivity index is 1.58. The molecule has 0 aliphatic heterocycles. The molecule has 3 N–H and O–H groups in total. The maximum absolute atomic E-state index is 11.0. The molecule has 0 fully saturated rings. The number of aryl methyl sites for hydroxylation is 1. The first-order chi connectivity index (χ1) is 11.6. The number of hydrogen-bond acceptors (Lipinski definition) is 7. The van der Waals surface area contributed by atoms with E-state index in [0.29, 0.717) is 0 Å². The van der Waals surface area contributed by atoms with Crippen LogP contribution in [-0.2, 0) is 17.0 Å². The monoisotopic (exact) mass is 376 g/mol. The Kier molecular flexibility index (Phi) is 5.49. The Labute approximate surface area is 152 Å². The molecule has 24 heavy (non-hydrogen) atoms. The number of nitrogens with one attached hydrogen (secondary N) is 1. The lowest BCUT2D eigenvalue weighted by Gasteiger charge is -2.00. The lowest BCUT2D eigenvalue weighted by molar-refractivity contribution is -0.117. The summed E-state index contributed by atoms with van der Waals surface area (Å²) in [6, 6.07) is 9.98. The fourth-order valence-corrected chi connectivity index (χ4v) is 4.97. The summed E-state index contributed by atoms with van der Waals surface area (Å²) in [4.78, 5) is 21.1. The van der Waals surface area contributed by atoms with Gasteiger partial charge in [-0.2, -0.15) is 0 Å². The van der Waals surface area contributed by atoms with Crippen LogP contribution < -0.4 is 11.1 Å². The van der Waals surface area contributed by atoms with Gasteiger partial charge in [0.2, 0.25) is 5.91 Å². The molecule has 0 saturated heterocycles. The topological polar surface area (TPSA) is 80.9 Å². The third-order valence-electron chi connectivity index (χ3n) is 3.13. The van der Waals surface area contributed by atoms with Gasteiger partial charge in [-0.3, -0.25) is 4.79 Å². The summed E-state index contributed by atoms with van der Waals surface area (Å²) in [7, 11) is 0. The van der Waals surface area contributed by atoms with Crippen molar-refractivity contribution in [2.24, 2.45) is 5.73 Å². The Morgan fingerprint density at radius 3 is 2.83 bits per heavy atom. The summed E-state index contributed by atoms with van der Waals surface area (Å²) in [5.41, 5.74) is 8.16. The van der Waals surface area contributed by atoms with Crippen molar-refractivity contribution in [2.45, 2.75) is 23.4 Å². The number of nitrogens with two attached hydrogens (primary N) is 1. The van der Waals surface area contributed by atoms with Crippen LogP contribution >= 0.6 is 34.4 Å². The number of thioether (sulfide) groups is 1. The number of rotatable bonds is 7. The second kappa shape index (κ2) is 7.78. The van der Waals surface area contributed by atoms with Gasteiger partial charge in [-0.05, 0) is 19.1 Å². The maximum Gasteiger partial charge on any atom is 0.222 e. The molecule has 1 amide bonds. The van der Waals surface area contributed by atoms with Crippen molar-refractivity contribution >= 4 is 51.2 Å². The highest BCUT2D eigenvalue weighted by Crippen LogP contribution is 2.31. The van der Waals surface area contributed by atoms with Crippen LogP contribution in [0.25, 0.3) is 0 Å². The second-order valence-corrected chi connectivity index (χ2v) is 8.22. The summed E-state index contributed by atoms with van der Waals surface area (Å²) < 4.78 is 0.939. The molecular formula is C16H16N4OS3. The van der Waals surface area contributed by atoms with Crippen molar-refractivity contribution in [1.29, 1.82) is 0 Å². The van der Waals surface area contributed by atoms with Crippen LogP contribution in [0.1, 0.15) is 16.3 Å². The molecule has 2 heterocycles. The number of thiazole rings is 2. The normalized spacial score (nSPS) is 10.7. The quantitative estimate of drug-likeness (QED) is 0.610. The number of aromatic nitrogens is 2. The number of anilines is 2. The lowest BCUT2D eigenvalue weighted by Crippen LogP contribution is -2.13. The number of carbonyl (C=O) groups excluding carboxylic acids is 1. The predicted octanol–water partition coefficient (Wildman–Crippen LogP) is 3.97. The van der Waals surface area contributed by atoms with Gasteiger partial charge in [0.05, 0.1) is 17.8 Å². The zero-order valence-electron chi connectivity index (χ0n) is 13.0. The smallest absolute Gasteiger partial charge is 0.222 e. The van der Waals surface area contributed by atoms with E-state index in [4.69, 9.17) is 5.73 Å². The van der Waals surface area contributed by atoms with Crippen molar-refractivity contribution in [3.63, 3.8) is 0 Å². The second-order valence-electron chi connectivity index (χ2n) is 5.06. The van der Waals surface area contributed by atoms with Crippen LogP contribution in [0.2, 0.25) is 0 Å². The Bertz CT molecular complexity index is 829. The molecule has 1 aromatic carbocycles. The van der Waals surface area contributed by atoms with Gasteiger partial charge in [0.1, 0.15) is 0 Å². The molecule has 5 nitrogen and oxygen atoms in total. The highest BCUT2D eigenvalue weighted by molar-refractivity contribution is 8.00. The van der Waals surface area contributed by atoms with Gasteiger partial charge in [-0.15, -0.1) is 22.7 Å². The number of carbonyl (C=O) groups is 1. The van der Waals surface area contributed by atoms with Crippen molar-refractivity contribution in [2.75, 3.05) is 5.32 Å². The van der Waals surface area contributed by atoms with Crippen LogP contribution in [-0.4, -0.2) is 15.9 Å². The first-order valence-corrected chi connectivity index (χ1v) is 9.92. The SMILES string of the molecule is Cc1nc(SCc2csc(Nc3ccccc3)n2)sc1CC(N)=O. The van der Waals surface area contributed by atoms with E-state index in [-0.39, 0.29) is 12.3 Å². The van der Waals surface area contributed by atoms with Crippen LogP contribution in [0.4, 0.5) is 10.8 Å². The van der Waals surface area contributed by atoms with Crippen LogP contribution in [0.5, 0.6) is 0 Å². The molecule has 0 spiro atoms. The number of nitrogens with zero attached hydrogens (tertiary/aromatic N) is 2. The number of amides is 1. The van der Waals surface area contributed by atoms with E-state index < -0.39 is 0 Å².